The molecule has 134 valence electrons. The normalized spacial score (nSPS) is 17.5. The predicted molar refractivity (Wildman–Crippen MR) is 93.1 cm³/mol. The lowest BCUT2D eigenvalue weighted by molar-refractivity contribution is -0.139. The highest BCUT2D eigenvalue weighted by Gasteiger charge is 2.28. The van der Waals surface area contributed by atoms with Crippen molar-refractivity contribution in [2.75, 3.05) is 32.1 Å². The first kappa shape index (κ1) is 17.3. The van der Waals surface area contributed by atoms with Crippen LogP contribution in [0.3, 0.4) is 0 Å². The van der Waals surface area contributed by atoms with E-state index in [1.807, 2.05) is 15.7 Å². The Morgan fingerprint density at radius 2 is 2.16 bits per heavy atom. The van der Waals surface area contributed by atoms with Gasteiger partial charge in [-0.2, -0.15) is 0 Å². The summed E-state index contributed by atoms with van der Waals surface area (Å²) in [5, 5.41) is 3.03. The van der Waals surface area contributed by atoms with E-state index in [2.05, 4.69) is 27.2 Å². The minimum absolute atomic E-state index is 0.124. The molecule has 1 atom stereocenters. The Kier molecular flexibility index (Phi) is 5.60. The van der Waals surface area contributed by atoms with Crippen molar-refractivity contribution in [1.82, 2.24) is 24.4 Å². The number of hydrogen-bond donors (Lipinski definition) is 1. The van der Waals surface area contributed by atoms with Gasteiger partial charge in [0.05, 0.1) is 13.2 Å². The van der Waals surface area contributed by atoms with Crippen molar-refractivity contribution < 1.29 is 9.53 Å². The molecule has 0 radical (unpaired) electrons. The van der Waals surface area contributed by atoms with E-state index >= 15 is 0 Å². The zero-order valence-corrected chi connectivity index (χ0v) is 14.7. The van der Waals surface area contributed by atoms with Crippen molar-refractivity contribution in [3.8, 4) is 0 Å². The fourth-order valence-electron chi connectivity index (χ4n) is 3.05. The minimum Gasteiger partial charge on any atom is -0.372 e. The van der Waals surface area contributed by atoms with Crippen molar-refractivity contribution in [1.29, 1.82) is 0 Å². The maximum absolute atomic E-state index is 12.6. The first-order valence-corrected chi connectivity index (χ1v) is 8.61. The molecule has 1 amide bonds. The number of aryl methyl sites for hydroxylation is 2. The highest BCUT2D eigenvalue weighted by Crippen LogP contribution is 2.25. The topological polar surface area (TPSA) is 85.2 Å². The van der Waals surface area contributed by atoms with Crippen molar-refractivity contribution in [3.63, 3.8) is 0 Å². The van der Waals surface area contributed by atoms with E-state index in [1.165, 1.54) is 0 Å². The van der Waals surface area contributed by atoms with Crippen LogP contribution in [0.5, 0.6) is 0 Å². The molecule has 1 fully saturated rings. The van der Waals surface area contributed by atoms with Gasteiger partial charge in [-0.15, -0.1) is 0 Å². The molecule has 0 bridgehead atoms. The van der Waals surface area contributed by atoms with Gasteiger partial charge in [-0.3, -0.25) is 9.78 Å². The quantitative estimate of drug-likeness (QED) is 0.849. The lowest BCUT2D eigenvalue weighted by atomic mass is 10.2. The van der Waals surface area contributed by atoms with E-state index < -0.39 is 0 Å². The maximum atomic E-state index is 12.6. The lowest BCUT2D eigenvalue weighted by Gasteiger charge is -2.33. The second-order valence-corrected chi connectivity index (χ2v) is 5.88. The summed E-state index contributed by atoms with van der Waals surface area (Å²) in [6.45, 7) is 4.32. The number of nitrogens with one attached hydrogen (secondary N) is 1. The molecule has 2 aromatic rings. The molecule has 0 saturated carbocycles. The van der Waals surface area contributed by atoms with E-state index in [0.29, 0.717) is 38.5 Å². The number of morpholine rings is 1. The number of carbonyl (C=O) groups is 1. The Morgan fingerprint density at radius 3 is 2.96 bits per heavy atom. The number of ether oxygens (including phenoxy) is 1. The third kappa shape index (κ3) is 3.96. The number of rotatable bonds is 6. The zero-order valence-electron chi connectivity index (χ0n) is 14.7. The fourth-order valence-corrected chi connectivity index (χ4v) is 3.05. The van der Waals surface area contributed by atoms with E-state index in [4.69, 9.17) is 4.74 Å². The third-order valence-electron chi connectivity index (χ3n) is 4.37. The monoisotopic (exact) mass is 344 g/mol. The van der Waals surface area contributed by atoms with Crippen LogP contribution in [0.25, 0.3) is 0 Å². The molecular weight excluding hydrogens is 320 g/mol. The van der Waals surface area contributed by atoms with Crippen LogP contribution in [0.4, 0.5) is 5.82 Å². The number of aromatic nitrogens is 4. The van der Waals surface area contributed by atoms with E-state index in [-0.39, 0.29) is 12.0 Å². The maximum Gasteiger partial charge on any atom is 0.224 e. The molecule has 25 heavy (non-hydrogen) atoms. The number of nitrogens with zero attached hydrogens (tertiary/aromatic N) is 5. The Labute approximate surface area is 147 Å². The molecule has 1 saturated heterocycles. The fraction of sp³-hybridized carbons (Fsp3) is 0.529. The molecule has 0 aromatic carbocycles. The molecule has 1 N–H and O–H groups in total. The van der Waals surface area contributed by atoms with Gasteiger partial charge < -0.3 is 19.5 Å². The van der Waals surface area contributed by atoms with Crippen molar-refractivity contribution in [2.24, 2.45) is 0 Å². The molecule has 1 aliphatic rings. The summed E-state index contributed by atoms with van der Waals surface area (Å²) in [5.74, 6) is 1.82. The molecule has 8 heteroatoms. The average molecular weight is 344 g/mol. The molecule has 8 nitrogen and oxygen atoms in total. The van der Waals surface area contributed by atoms with Gasteiger partial charge in [0.25, 0.3) is 0 Å². The first-order chi connectivity index (χ1) is 12.2. The van der Waals surface area contributed by atoms with E-state index in [1.54, 1.807) is 25.6 Å². The highest BCUT2D eigenvalue weighted by molar-refractivity contribution is 5.76. The summed E-state index contributed by atoms with van der Waals surface area (Å²) in [6.07, 6.45) is 8.04. The van der Waals surface area contributed by atoms with Crippen LogP contribution in [-0.4, -0.2) is 57.1 Å². The SMILES string of the molecule is CCc1nccn1CCC(=O)N1CCO[C@@H](c2nccnc2NC)C1. The average Bonchev–Trinajstić information content (AvgIpc) is 3.13. The van der Waals surface area contributed by atoms with Gasteiger partial charge in [0.15, 0.2) is 0 Å². The summed E-state index contributed by atoms with van der Waals surface area (Å²) in [4.78, 5) is 27.4. The standard InChI is InChI=1S/C17H24N6O2/c1-3-14-19-7-9-22(14)8-4-15(24)23-10-11-25-13(12-23)16-17(18-2)21-6-5-20-16/h5-7,9,13H,3-4,8,10-12H2,1-2H3,(H,18,21)/t13-/m1/s1. The molecule has 0 spiro atoms. The number of hydrogen-bond acceptors (Lipinski definition) is 6. The molecule has 3 heterocycles. The van der Waals surface area contributed by atoms with Crippen LogP contribution in [0, 0.1) is 0 Å². The summed E-state index contributed by atoms with van der Waals surface area (Å²) in [5.41, 5.74) is 0.741. The second kappa shape index (κ2) is 8.06. The van der Waals surface area contributed by atoms with Crippen LogP contribution in [0.2, 0.25) is 0 Å². The summed E-state index contributed by atoms with van der Waals surface area (Å²) < 4.78 is 7.86. The summed E-state index contributed by atoms with van der Waals surface area (Å²) >= 11 is 0. The molecular formula is C17H24N6O2. The first-order valence-electron chi connectivity index (χ1n) is 8.61. The van der Waals surface area contributed by atoms with Gasteiger partial charge in [0.1, 0.15) is 23.4 Å². The van der Waals surface area contributed by atoms with Crippen LogP contribution in [0.1, 0.15) is 31.0 Å². The number of anilines is 1. The predicted octanol–water partition coefficient (Wildman–Crippen LogP) is 1.27. The largest absolute Gasteiger partial charge is 0.372 e. The van der Waals surface area contributed by atoms with Crippen LogP contribution < -0.4 is 5.32 Å². The van der Waals surface area contributed by atoms with Gasteiger partial charge in [-0.05, 0) is 0 Å². The van der Waals surface area contributed by atoms with E-state index in [0.717, 1.165) is 17.9 Å². The number of carbonyl (C=O) groups excluding carboxylic acids is 1. The molecule has 1 aliphatic heterocycles. The van der Waals surface area contributed by atoms with Gasteiger partial charge in [-0.1, -0.05) is 6.92 Å². The summed E-state index contributed by atoms with van der Waals surface area (Å²) in [7, 11) is 1.80. The van der Waals surface area contributed by atoms with Gasteiger partial charge in [0, 0.05) is 57.8 Å². The number of imidazole rings is 1. The Balaban J connectivity index is 1.62. The molecule has 3 rings (SSSR count). The van der Waals surface area contributed by atoms with Crippen LogP contribution >= 0.6 is 0 Å². The van der Waals surface area contributed by atoms with Gasteiger partial charge >= 0.3 is 0 Å². The molecule has 0 aliphatic carbocycles. The lowest BCUT2D eigenvalue weighted by Crippen LogP contribution is -2.42. The Bertz CT molecular complexity index is 717. The minimum atomic E-state index is -0.256. The molecule has 2 aromatic heterocycles. The van der Waals surface area contributed by atoms with Crippen molar-refractivity contribution in [2.45, 2.75) is 32.4 Å². The number of amides is 1. The Hall–Kier alpha value is -2.48. The van der Waals surface area contributed by atoms with Crippen molar-refractivity contribution in [3.05, 3.63) is 36.3 Å². The van der Waals surface area contributed by atoms with Crippen LogP contribution in [0.15, 0.2) is 24.8 Å². The van der Waals surface area contributed by atoms with Gasteiger partial charge in [-0.25, -0.2) is 9.97 Å². The highest BCUT2D eigenvalue weighted by atomic mass is 16.5. The van der Waals surface area contributed by atoms with Crippen LogP contribution in [-0.2, 0) is 22.5 Å². The van der Waals surface area contributed by atoms with Crippen molar-refractivity contribution >= 4 is 11.7 Å². The molecule has 0 unspecified atom stereocenters. The second-order valence-electron chi connectivity index (χ2n) is 5.88. The summed E-state index contributed by atoms with van der Waals surface area (Å²) in [6, 6.07) is 0. The zero-order chi connectivity index (χ0) is 17.6. The van der Waals surface area contributed by atoms with E-state index in [9.17, 15) is 4.79 Å². The Morgan fingerprint density at radius 1 is 1.32 bits per heavy atom. The smallest absolute Gasteiger partial charge is 0.224 e. The third-order valence-corrected chi connectivity index (χ3v) is 4.37. The van der Waals surface area contributed by atoms with Gasteiger partial charge in [0.2, 0.25) is 5.91 Å².